The lowest BCUT2D eigenvalue weighted by Crippen LogP contribution is -2.04. The summed E-state index contributed by atoms with van der Waals surface area (Å²) in [5.41, 5.74) is 0. The Morgan fingerprint density at radius 2 is 1.22 bits per heavy atom. The minimum Gasteiger partial charge on any atom is -0.264 e. The highest BCUT2D eigenvalue weighted by Crippen LogP contribution is 2.10. The molecule has 0 spiro atoms. The van der Waals surface area contributed by atoms with Crippen LogP contribution < -0.4 is 0 Å². The van der Waals surface area contributed by atoms with Crippen molar-refractivity contribution < 1.29 is 17.2 Å². The lowest BCUT2D eigenvalue weighted by atomic mass is 10.1. The van der Waals surface area contributed by atoms with E-state index < -0.39 is 10.4 Å². The fraction of sp³-hybridized carbons (Fsp3) is 1.00. The molecule has 18 heavy (non-hydrogen) atoms. The molecule has 0 aromatic heterocycles. The average Bonchev–Trinajstić information content (AvgIpc) is 2.24. The highest BCUT2D eigenvalue weighted by Gasteiger charge is 2.02. The molecule has 6 heteroatoms. The summed E-state index contributed by atoms with van der Waals surface area (Å²) in [6, 6.07) is 0. The van der Waals surface area contributed by atoms with E-state index in [1.165, 1.54) is 44.9 Å². The predicted molar refractivity (Wildman–Crippen MR) is 80.4 cm³/mol. The summed E-state index contributed by atoms with van der Waals surface area (Å²) in [6.45, 7) is 2.31. The van der Waals surface area contributed by atoms with Gasteiger partial charge in [0, 0.05) is 0 Å². The first-order valence-electron chi connectivity index (χ1n) is 6.68. The molecular formula is C12H29O4PS. The first kappa shape index (κ1) is 20.6. The van der Waals surface area contributed by atoms with E-state index >= 15 is 0 Å². The maximum atomic E-state index is 10.2. The zero-order chi connectivity index (χ0) is 13.0. The van der Waals surface area contributed by atoms with Gasteiger partial charge in [-0.05, 0) is 6.42 Å². The van der Waals surface area contributed by atoms with Gasteiger partial charge in [-0.3, -0.25) is 4.55 Å². The predicted octanol–water partition coefficient (Wildman–Crippen LogP) is 3.78. The molecule has 0 aliphatic carbocycles. The monoisotopic (exact) mass is 300 g/mol. The Morgan fingerprint density at radius 3 is 1.61 bits per heavy atom. The van der Waals surface area contributed by atoms with E-state index in [0.29, 0.717) is 6.42 Å². The van der Waals surface area contributed by atoms with E-state index in [-0.39, 0.29) is 16.5 Å². The average molecular weight is 300 g/mol. The van der Waals surface area contributed by atoms with Gasteiger partial charge < -0.3 is 0 Å². The Morgan fingerprint density at radius 1 is 0.833 bits per heavy atom. The highest BCUT2D eigenvalue weighted by molar-refractivity contribution is 7.80. The summed E-state index contributed by atoms with van der Waals surface area (Å²) in [7, 11) is -4.23. The van der Waals surface area contributed by atoms with Gasteiger partial charge in [-0.1, -0.05) is 64.7 Å². The standard InChI is InChI=1S/C12H26O4S.H3P/c1-2-3-4-5-6-7-8-9-10-11-12-16-17(13,14)15;/h2-12H2,1H3,(H,13,14,15);1H3. The van der Waals surface area contributed by atoms with Gasteiger partial charge in [0.05, 0.1) is 6.61 Å². The van der Waals surface area contributed by atoms with Crippen molar-refractivity contribution in [2.75, 3.05) is 6.61 Å². The molecule has 0 aromatic carbocycles. The second-order valence-electron chi connectivity index (χ2n) is 4.43. The second kappa shape index (κ2) is 13.7. The largest absolute Gasteiger partial charge is 0.397 e. The van der Waals surface area contributed by atoms with E-state index in [1.54, 1.807) is 0 Å². The van der Waals surface area contributed by atoms with Crippen molar-refractivity contribution in [3.8, 4) is 0 Å². The Kier molecular flexibility index (Phi) is 15.7. The van der Waals surface area contributed by atoms with Crippen LogP contribution >= 0.6 is 9.90 Å². The van der Waals surface area contributed by atoms with Crippen molar-refractivity contribution in [3.05, 3.63) is 0 Å². The van der Waals surface area contributed by atoms with Crippen molar-refractivity contribution in [1.29, 1.82) is 0 Å². The van der Waals surface area contributed by atoms with E-state index in [1.807, 2.05) is 0 Å². The topological polar surface area (TPSA) is 63.6 Å². The van der Waals surface area contributed by atoms with Crippen LogP contribution in [0, 0.1) is 0 Å². The molecule has 0 bridgehead atoms. The van der Waals surface area contributed by atoms with Gasteiger partial charge in [-0.25, -0.2) is 4.18 Å². The molecule has 0 saturated carbocycles. The minimum absolute atomic E-state index is 0. The Bertz CT molecular complexity index is 255. The third-order valence-corrected chi connectivity index (χ3v) is 3.19. The molecule has 0 saturated heterocycles. The molecule has 0 aliphatic rings. The van der Waals surface area contributed by atoms with Crippen molar-refractivity contribution in [1.82, 2.24) is 0 Å². The Hall–Kier alpha value is 0.300. The van der Waals surface area contributed by atoms with Crippen LogP contribution in [0.5, 0.6) is 0 Å². The lowest BCUT2D eigenvalue weighted by molar-refractivity contribution is 0.261. The first-order chi connectivity index (χ1) is 8.06. The summed E-state index contributed by atoms with van der Waals surface area (Å²) in [5, 5.41) is 0. The third-order valence-electron chi connectivity index (χ3n) is 2.73. The zero-order valence-corrected chi connectivity index (χ0v) is 13.8. The van der Waals surface area contributed by atoms with E-state index in [4.69, 9.17) is 4.55 Å². The smallest absolute Gasteiger partial charge is 0.264 e. The van der Waals surface area contributed by atoms with Crippen LogP contribution in [0.25, 0.3) is 0 Å². The van der Waals surface area contributed by atoms with Crippen molar-refractivity contribution in [2.24, 2.45) is 0 Å². The normalized spacial score (nSPS) is 11.2. The van der Waals surface area contributed by atoms with E-state index in [2.05, 4.69) is 11.1 Å². The molecule has 0 aromatic rings. The SMILES string of the molecule is CCCCCCCCCCCCOS(=O)(=O)O.P. The summed E-state index contributed by atoms with van der Waals surface area (Å²) >= 11 is 0. The van der Waals surface area contributed by atoms with Crippen LogP contribution in [0.2, 0.25) is 0 Å². The Labute approximate surface area is 115 Å². The molecule has 1 N–H and O–H groups in total. The summed E-state index contributed by atoms with van der Waals surface area (Å²) in [5.74, 6) is 0. The first-order valence-corrected chi connectivity index (χ1v) is 8.04. The van der Waals surface area contributed by atoms with Gasteiger partial charge in [-0.2, -0.15) is 18.3 Å². The van der Waals surface area contributed by atoms with E-state index in [9.17, 15) is 8.42 Å². The number of rotatable bonds is 12. The van der Waals surface area contributed by atoms with Crippen LogP contribution in [0.4, 0.5) is 0 Å². The second-order valence-corrected chi connectivity index (χ2v) is 5.52. The van der Waals surface area contributed by atoms with Gasteiger partial charge >= 0.3 is 10.4 Å². The van der Waals surface area contributed by atoms with Gasteiger partial charge in [0.1, 0.15) is 0 Å². The molecule has 1 unspecified atom stereocenters. The molecule has 112 valence electrons. The maximum Gasteiger partial charge on any atom is 0.397 e. The molecule has 0 fully saturated rings. The molecule has 4 nitrogen and oxygen atoms in total. The zero-order valence-electron chi connectivity index (χ0n) is 11.6. The minimum atomic E-state index is -4.23. The summed E-state index contributed by atoms with van der Waals surface area (Å²) in [6.07, 6.45) is 11.9. The van der Waals surface area contributed by atoms with Gasteiger partial charge in [0.2, 0.25) is 0 Å². The maximum absolute atomic E-state index is 10.2. The fourth-order valence-corrected chi connectivity index (χ4v) is 2.08. The van der Waals surface area contributed by atoms with Crippen molar-refractivity contribution >= 4 is 20.3 Å². The molecule has 1 atom stereocenters. The van der Waals surface area contributed by atoms with E-state index in [0.717, 1.165) is 12.8 Å². The van der Waals surface area contributed by atoms with Crippen LogP contribution in [-0.2, 0) is 14.6 Å². The number of hydrogen-bond donors (Lipinski definition) is 1. The number of unbranched alkanes of at least 4 members (excludes halogenated alkanes) is 9. The lowest BCUT2D eigenvalue weighted by Gasteiger charge is -2.02. The molecule has 0 radical (unpaired) electrons. The summed E-state index contributed by atoms with van der Waals surface area (Å²) in [4.78, 5) is 0. The number of hydrogen-bond acceptors (Lipinski definition) is 3. The van der Waals surface area contributed by atoms with Gasteiger partial charge in [-0.15, -0.1) is 0 Å². The molecule has 0 aliphatic heterocycles. The fourth-order valence-electron chi connectivity index (χ4n) is 1.75. The third kappa shape index (κ3) is 18.7. The van der Waals surface area contributed by atoms with Gasteiger partial charge in [0.25, 0.3) is 0 Å². The Balaban J connectivity index is 0. The van der Waals surface area contributed by atoms with Crippen LogP contribution in [-0.4, -0.2) is 19.6 Å². The van der Waals surface area contributed by atoms with Crippen molar-refractivity contribution in [2.45, 2.75) is 71.1 Å². The summed E-state index contributed by atoms with van der Waals surface area (Å²) < 4.78 is 33.0. The molecule has 0 heterocycles. The molecular weight excluding hydrogens is 271 g/mol. The van der Waals surface area contributed by atoms with Crippen LogP contribution in [0.3, 0.4) is 0 Å². The van der Waals surface area contributed by atoms with Crippen LogP contribution in [0.15, 0.2) is 0 Å². The molecule has 0 rings (SSSR count). The van der Waals surface area contributed by atoms with Gasteiger partial charge in [0.15, 0.2) is 0 Å². The van der Waals surface area contributed by atoms with Crippen LogP contribution in [0.1, 0.15) is 71.1 Å². The highest BCUT2D eigenvalue weighted by atomic mass is 32.3. The quantitative estimate of drug-likeness (QED) is 0.338. The molecule has 0 amide bonds. The van der Waals surface area contributed by atoms with Crippen molar-refractivity contribution in [3.63, 3.8) is 0 Å².